The number of ether oxygens (including phenoxy) is 1. The molecule has 30 heavy (non-hydrogen) atoms. The normalized spacial score (nSPS) is 22.6. The molecule has 0 saturated heterocycles. The highest BCUT2D eigenvalue weighted by Gasteiger charge is 2.37. The van der Waals surface area contributed by atoms with Gasteiger partial charge in [-0.3, -0.25) is 0 Å². The Kier molecular flexibility index (Phi) is 6.81. The average Bonchev–Trinajstić information content (AvgIpc) is 2.70. The van der Waals surface area contributed by atoms with E-state index in [2.05, 4.69) is 0 Å². The Morgan fingerprint density at radius 3 is 2.43 bits per heavy atom. The fourth-order valence-corrected chi connectivity index (χ4v) is 5.45. The topological polar surface area (TPSA) is 70.1 Å². The number of aliphatic hydroxyl groups excluding tert-OH is 1. The number of hydrogen-bond acceptors (Lipinski definition) is 5. The van der Waals surface area contributed by atoms with Crippen molar-refractivity contribution in [2.75, 3.05) is 33.8 Å². The van der Waals surface area contributed by atoms with Crippen LogP contribution in [-0.2, 0) is 10.0 Å². The second-order valence-corrected chi connectivity index (χ2v) is 10.0. The predicted molar refractivity (Wildman–Crippen MR) is 114 cm³/mol. The number of benzene rings is 2. The van der Waals surface area contributed by atoms with Gasteiger partial charge in [0, 0.05) is 25.0 Å². The first-order valence-electron chi connectivity index (χ1n) is 9.97. The SMILES string of the molecule is C[C@@H]1CN([C@@H](C)CO)S(=O)(=O)c2ccc(-c3ccc(F)cc3)cc2O[C@H]1CN(C)C. The summed E-state index contributed by atoms with van der Waals surface area (Å²) in [7, 11) is 0.0103. The lowest BCUT2D eigenvalue weighted by Gasteiger charge is -2.37. The molecule has 0 saturated carbocycles. The van der Waals surface area contributed by atoms with E-state index in [9.17, 15) is 17.9 Å². The summed E-state index contributed by atoms with van der Waals surface area (Å²) in [5.74, 6) is -0.165. The molecule has 0 aromatic heterocycles. The summed E-state index contributed by atoms with van der Waals surface area (Å²) in [6.45, 7) is 4.24. The molecule has 1 N–H and O–H groups in total. The van der Waals surface area contributed by atoms with Gasteiger partial charge in [0.15, 0.2) is 0 Å². The number of hydrogen-bond donors (Lipinski definition) is 1. The highest BCUT2D eigenvalue weighted by molar-refractivity contribution is 7.89. The number of fused-ring (bicyclic) bond motifs is 1. The molecule has 0 aliphatic carbocycles. The van der Waals surface area contributed by atoms with Crippen LogP contribution in [0.25, 0.3) is 11.1 Å². The minimum atomic E-state index is -3.87. The van der Waals surface area contributed by atoms with Gasteiger partial charge in [-0.15, -0.1) is 0 Å². The lowest BCUT2D eigenvalue weighted by Crippen LogP contribution is -2.49. The maximum atomic E-state index is 13.4. The summed E-state index contributed by atoms with van der Waals surface area (Å²) in [5.41, 5.74) is 1.50. The van der Waals surface area contributed by atoms with Crippen LogP contribution < -0.4 is 4.74 Å². The van der Waals surface area contributed by atoms with Crippen molar-refractivity contribution >= 4 is 10.0 Å². The molecule has 0 amide bonds. The molecule has 0 bridgehead atoms. The van der Waals surface area contributed by atoms with Crippen molar-refractivity contribution < 1.29 is 22.7 Å². The molecule has 0 radical (unpaired) electrons. The molecule has 1 heterocycles. The monoisotopic (exact) mass is 436 g/mol. The van der Waals surface area contributed by atoms with Crippen LogP contribution in [-0.4, -0.2) is 68.7 Å². The highest BCUT2D eigenvalue weighted by atomic mass is 32.2. The molecule has 1 aliphatic heterocycles. The summed E-state index contributed by atoms with van der Waals surface area (Å²) >= 11 is 0. The van der Waals surface area contributed by atoms with E-state index in [1.165, 1.54) is 22.5 Å². The van der Waals surface area contributed by atoms with Gasteiger partial charge >= 0.3 is 0 Å². The van der Waals surface area contributed by atoms with Crippen LogP contribution in [0.1, 0.15) is 13.8 Å². The van der Waals surface area contributed by atoms with Gasteiger partial charge in [0.25, 0.3) is 0 Å². The lowest BCUT2D eigenvalue weighted by atomic mass is 10.0. The maximum Gasteiger partial charge on any atom is 0.247 e. The summed E-state index contributed by atoms with van der Waals surface area (Å²) in [6.07, 6.45) is -0.244. The first-order valence-corrected chi connectivity index (χ1v) is 11.4. The number of likely N-dealkylation sites (N-methyl/N-ethyl adjacent to an activating group) is 1. The van der Waals surface area contributed by atoms with E-state index in [0.717, 1.165) is 11.1 Å². The Morgan fingerprint density at radius 2 is 1.83 bits per heavy atom. The van der Waals surface area contributed by atoms with Crippen molar-refractivity contribution in [3.63, 3.8) is 0 Å². The predicted octanol–water partition coefficient (Wildman–Crippen LogP) is 2.82. The summed E-state index contributed by atoms with van der Waals surface area (Å²) < 4.78 is 47.8. The molecule has 0 fully saturated rings. The van der Waals surface area contributed by atoms with E-state index in [1.54, 1.807) is 31.2 Å². The summed E-state index contributed by atoms with van der Waals surface area (Å²) in [4.78, 5) is 2.07. The molecular formula is C22H29FN2O4S. The van der Waals surface area contributed by atoms with E-state index in [0.29, 0.717) is 6.54 Å². The molecule has 164 valence electrons. The summed E-state index contributed by atoms with van der Waals surface area (Å²) in [5, 5.41) is 9.67. The van der Waals surface area contributed by atoms with Crippen LogP contribution in [0, 0.1) is 11.7 Å². The molecular weight excluding hydrogens is 407 g/mol. The lowest BCUT2D eigenvalue weighted by molar-refractivity contribution is 0.0813. The third kappa shape index (κ3) is 4.67. The van der Waals surface area contributed by atoms with Gasteiger partial charge in [0.2, 0.25) is 10.0 Å². The molecule has 3 atom stereocenters. The standard InChI is InChI=1S/C22H29FN2O4S/c1-15-12-25(16(2)14-26)30(27,28)22-10-7-18(17-5-8-19(23)9-6-17)11-20(22)29-21(15)13-24(3)4/h5-11,15-16,21,26H,12-14H2,1-4H3/t15-,16+,21+/m1/s1. The number of halogens is 1. The highest BCUT2D eigenvalue weighted by Crippen LogP contribution is 2.36. The number of nitrogens with zero attached hydrogens (tertiary/aromatic N) is 2. The Bertz CT molecular complexity index is 979. The third-order valence-electron chi connectivity index (χ3n) is 5.39. The quantitative estimate of drug-likeness (QED) is 0.781. The number of aliphatic hydroxyl groups is 1. The van der Waals surface area contributed by atoms with Crippen LogP contribution >= 0.6 is 0 Å². The number of sulfonamides is 1. The molecule has 0 spiro atoms. The van der Waals surface area contributed by atoms with E-state index in [-0.39, 0.29) is 41.6 Å². The Labute approximate surface area is 177 Å². The van der Waals surface area contributed by atoms with Gasteiger partial charge in [-0.1, -0.05) is 25.1 Å². The largest absolute Gasteiger partial charge is 0.487 e. The van der Waals surface area contributed by atoms with Crippen molar-refractivity contribution in [2.45, 2.75) is 30.9 Å². The smallest absolute Gasteiger partial charge is 0.247 e. The van der Waals surface area contributed by atoms with Crippen molar-refractivity contribution in [2.24, 2.45) is 5.92 Å². The van der Waals surface area contributed by atoms with Crippen LogP contribution in [0.3, 0.4) is 0 Å². The van der Waals surface area contributed by atoms with Crippen LogP contribution in [0.4, 0.5) is 4.39 Å². The Balaban J connectivity index is 2.14. The fourth-order valence-electron chi connectivity index (χ4n) is 3.63. The molecule has 3 rings (SSSR count). The zero-order valence-corrected chi connectivity index (χ0v) is 18.6. The van der Waals surface area contributed by atoms with Crippen LogP contribution in [0.2, 0.25) is 0 Å². The van der Waals surface area contributed by atoms with Crippen molar-refractivity contribution in [3.05, 3.63) is 48.3 Å². The second kappa shape index (κ2) is 9.01. The molecule has 8 heteroatoms. The molecule has 6 nitrogen and oxygen atoms in total. The van der Waals surface area contributed by atoms with Gasteiger partial charge in [-0.05, 0) is 56.4 Å². The van der Waals surface area contributed by atoms with E-state index in [4.69, 9.17) is 4.74 Å². The minimum absolute atomic E-state index is 0.0734. The van der Waals surface area contributed by atoms with Gasteiger partial charge < -0.3 is 14.7 Å². The van der Waals surface area contributed by atoms with E-state index >= 15 is 0 Å². The van der Waals surface area contributed by atoms with Crippen molar-refractivity contribution in [3.8, 4) is 16.9 Å². The van der Waals surface area contributed by atoms with Gasteiger partial charge in [-0.2, -0.15) is 4.31 Å². The third-order valence-corrected chi connectivity index (χ3v) is 7.41. The Hall–Kier alpha value is -2.00. The van der Waals surface area contributed by atoms with Crippen LogP contribution in [0.15, 0.2) is 47.4 Å². The molecule has 1 aliphatic rings. The molecule has 2 aromatic rings. The maximum absolute atomic E-state index is 13.4. The first-order chi connectivity index (χ1) is 14.1. The van der Waals surface area contributed by atoms with Crippen molar-refractivity contribution in [1.29, 1.82) is 0 Å². The van der Waals surface area contributed by atoms with E-state index < -0.39 is 16.1 Å². The average molecular weight is 437 g/mol. The summed E-state index contributed by atoms with van der Waals surface area (Å²) in [6, 6.07) is 10.4. The fraction of sp³-hybridized carbons (Fsp3) is 0.455. The van der Waals surface area contributed by atoms with Crippen molar-refractivity contribution in [1.82, 2.24) is 9.21 Å². The molecule has 0 unspecified atom stereocenters. The zero-order valence-electron chi connectivity index (χ0n) is 17.7. The van der Waals surface area contributed by atoms with Gasteiger partial charge in [0.1, 0.15) is 22.6 Å². The zero-order chi connectivity index (χ0) is 22.1. The Morgan fingerprint density at radius 1 is 1.20 bits per heavy atom. The van der Waals surface area contributed by atoms with Crippen LogP contribution in [0.5, 0.6) is 5.75 Å². The second-order valence-electron chi connectivity index (χ2n) is 8.17. The number of rotatable bonds is 5. The first kappa shape index (κ1) is 22.7. The van der Waals surface area contributed by atoms with Gasteiger partial charge in [-0.25, -0.2) is 12.8 Å². The minimum Gasteiger partial charge on any atom is -0.487 e. The molecule has 2 aromatic carbocycles. The van der Waals surface area contributed by atoms with E-state index in [1.807, 2.05) is 25.9 Å². The van der Waals surface area contributed by atoms with Gasteiger partial charge in [0.05, 0.1) is 6.61 Å².